The number of carbonyl (C=O) groups is 1. The predicted octanol–water partition coefficient (Wildman–Crippen LogP) is 3.52. The van der Waals surface area contributed by atoms with E-state index in [9.17, 15) is 9.90 Å². The van der Waals surface area contributed by atoms with Gasteiger partial charge in [-0.05, 0) is 53.9 Å². The van der Waals surface area contributed by atoms with Gasteiger partial charge in [-0.25, -0.2) is 0 Å². The van der Waals surface area contributed by atoms with Crippen LogP contribution in [0.25, 0.3) is 0 Å². The highest BCUT2D eigenvalue weighted by Gasteiger charge is 2.55. The fourth-order valence-electron chi connectivity index (χ4n) is 6.91. The largest absolute Gasteiger partial charge is 0.390 e. The molecule has 0 aliphatic heterocycles. The van der Waals surface area contributed by atoms with Gasteiger partial charge < -0.3 is 5.11 Å². The van der Waals surface area contributed by atoms with Crippen LogP contribution in [-0.2, 0) is 33.5 Å². The number of aromatic nitrogens is 4. The molecule has 30 heavy (non-hydrogen) atoms. The quantitative estimate of drug-likeness (QED) is 0.769. The maximum absolute atomic E-state index is 10.9. The molecule has 2 aromatic rings. The summed E-state index contributed by atoms with van der Waals surface area (Å²) in [5.41, 5.74) is 7.65. The third-order valence-corrected chi connectivity index (χ3v) is 9.27. The van der Waals surface area contributed by atoms with Crippen molar-refractivity contribution < 1.29 is 9.90 Å². The molecule has 8 rings (SSSR count). The molecule has 0 radical (unpaired) electrons. The van der Waals surface area contributed by atoms with Crippen molar-refractivity contribution in [3.63, 3.8) is 0 Å². The molecule has 0 aromatic carbocycles. The molecule has 2 heterocycles. The standard InChI is InChI=1S/C12H18N2O.C12H16N2O/c2*1-12(2)7-4-8-10(6-15)13-14(3)11(8)9(12)5-7/h7,9,15H,4-6H2,1-3H3;6-7,9H,4-5H2,1-3H3. The number of hydrogen-bond donors (Lipinski definition) is 1. The molecular formula is C24H34N4O2. The van der Waals surface area contributed by atoms with Gasteiger partial charge in [-0.2, -0.15) is 10.2 Å². The monoisotopic (exact) mass is 410 g/mol. The van der Waals surface area contributed by atoms with E-state index in [1.54, 1.807) is 0 Å². The van der Waals surface area contributed by atoms with Crippen LogP contribution in [0.15, 0.2) is 0 Å². The van der Waals surface area contributed by atoms with Crippen LogP contribution in [0, 0.1) is 22.7 Å². The zero-order valence-corrected chi connectivity index (χ0v) is 19.1. The molecule has 0 spiro atoms. The highest BCUT2D eigenvalue weighted by molar-refractivity contribution is 5.75. The summed E-state index contributed by atoms with van der Waals surface area (Å²) < 4.78 is 3.91. The number of aliphatic hydroxyl groups is 1. The predicted molar refractivity (Wildman–Crippen MR) is 114 cm³/mol. The van der Waals surface area contributed by atoms with Crippen molar-refractivity contribution in [2.75, 3.05) is 0 Å². The summed E-state index contributed by atoms with van der Waals surface area (Å²) in [6, 6.07) is 0. The number of rotatable bonds is 2. The Kier molecular flexibility index (Phi) is 4.18. The van der Waals surface area contributed by atoms with Gasteiger partial charge >= 0.3 is 0 Å². The normalized spacial score (nSPS) is 30.8. The summed E-state index contributed by atoms with van der Waals surface area (Å²) in [5.74, 6) is 2.81. The van der Waals surface area contributed by atoms with E-state index in [4.69, 9.17) is 0 Å². The van der Waals surface area contributed by atoms with Gasteiger partial charge in [-0.15, -0.1) is 0 Å². The summed E-state index contributed by atoms with van der Waals surface area (Å²) in [5, 5.41) is 18.0. The number of aryl methyl sites for hydroxylation is 2. The van der Waals surface area contributed by atoms with E-state index in [0.29, 0.717) is 28.4 Å². The number of hydrogen-bond acceptors (Lipinski definition) is 4. The van der Waals surface area contributed by atoms with Gasteiger partial charge in [0.2, 0.25) is 0 Å². The van der Waals surface area contributed by atoms with E-state index in [1.165, 1.54) is 35.4 Å². The first-order chi connectivity index (χ1) is 14.1. The number of nitrogens with zero attached hydrogens (tertiary/aromatic N) is 4. The summed E-state index contributed by atoms with van der Waals surface area (Å²) in [6.07, 6.45) is 5.64. The van der Waals surface area contributed by atoms with E-state index in [0.717, 1.165) is 36.7 Å². The van der Waals surface area contributed by atoms with Gasteiger partial charge in [0.1, 0.15) is 5.69 Å². The second kappa shape index (κ2) is 6.28. The van der Waals surface area contributed by atoms with Gasteiger partial charge in [0.25, 0.3) is 0 Å². The Labute approximate surface area is 178 Å². The van der Waals surface area contributed by atoms with Crippen LogP contribution in [0.2, 0.25) is 0 Å². The number of aldehydes is 1. The van der Waals surface area contributed by atoms with Crippen LogP contribution in [0.5, 0.6) is 0 Å². The van der Waals surface area contributed by atoms with Crippen LogP contribution < -0.4 is 0 Å². The molecule has 6 nitrogen and oxygen atoms in total. The van der Waals surface area contributed by atoms with Crippen molar-refractivity contribution >= 4 is 6.29 Å². The third kappa shape index (κ3) is 2.43. The molecule has 4 unspecified atom stereocenters. The van der Waals surface area contributed by atoms with Crippen LogP contribution in [0.4, 0.5) is 0 Å². The topological polar surface area (TPSA) is 72.9 Å². The fraction of sp³-hybridized carbons (Fsp3) is 0.708. The fourth-order valence-corrected chi connectivity index (χ4v) is 6.91. The SMILES string of the molecule is Cn1nc(C=O)c2c1C1CC(C2)C1(C)C.Cn1nc(CO)c2c1C1CC(C2)C1(C)C. The molecule has 2 fully saturated rings. The van der Waals surface area contributed by atoms with E-state index >= 15 is 0 Å². The first-order valence-corrected chi connectivity index (χ1v) is 11.3. The first-order valence-electron chi connectivity index (χ1n) is 11.3. The molecule has 0 amide bonds. The number of carbonyl (C=O) groups excluding carboxylic acids is 1. The third-order valence-electron chi connectivity index (χ3n) is 9.27. The van der Waals surface area contributed by atoms with Gasteiger partial charge in [0, 0.05) is 42.9 Å². The Hall–Kier alpha value is -1.95. The van der Waals surface area contributed by atoms with E-state index < -0.39 is 0 Å². The second-order valence-electron chi connectivity index (χ2n) is 11.1. The summed E-state index contributed by atoms with van der Waals surface area (Å²) >= 11 is 0. The first kappa shape index (κ1) is 20.0. The summed E-state index contributed by atoms with van der Waals surface area (Å²) in [7, 11) is 3.97. The summed E-state index contributed by atoms with van der Waals surface area (Å²) in [4.78, 5) is 10.9. The Morgan fingerprint density at radius 3 is 1.93 bits per heavy atom. The Bertz CT molecular complexity index is 1030. The highest BCUT2D eigenvalue weighted by atomic mass is 16.3. The smallest absolute Gasteiger partial charge is 0.170 e. The molecule has 2 aromatic heterocycles. The lowest BCUT2D eigenvalue weighted by molar-refractivity contribution is 0.0135. The summed E-state index contributed by atoms with van der Waals surface area (Å²) in [6.45, 7) is 9.48. The van der Waals surface area contributed by atoms with E-state index in [-0.39, 0.29) is 6.61 Å². The number of aliphatic hydroxyl groups excluding tert-OH is 1. The maximum Gasteiger partial charge on any atom is 0.170 e. The lowest BCUT2D eigenvalue weighted by atomic mass is 9.48. The van der Waals surface area contributed by atoms with Crippen LogP contribution in [0.1, 0.15) is 91.1 Å². The van der Waals surface area contributed by atoms with Gasteiger partial charge in [0.15, 0.2) is 6.29 Å². The minimum absolute atomic E-state index is 0.0864. The van der Waals surface area contributed by atoms with E-state index in [2.05, 4.69) is 37.9 Å². The lowest BCUT2D eigenvalue weighted by Gasteiger charge is -2.56. The molecule has 4 bridgehead atoms. The molecule has 162 valence electrons. The zero-order chi connectivity index (χ0) is 21.6. The van der Waals surface area contributed by atoms with Gasteiger partial charge in [-0.3, -0.25) is 14.2 Å². The molecular weight excluding hydrogens is 376 g/mol. The van der Waals surface area contributed by atoms with Crippen molar-refractivity contribution in [1.82, 2.24) is 19.6 Å². The zero-order valence-electron chi connectivity index (χ0n) is 19.1. The van der Waals surface area contributed by atoms with Crippen LogP contribution >= 0.6 is 0 Å². The highest BCUT2D eigenvalue weighted by Crippen LogP contribution is 2.63. The van der Waals surface area contributed by atoms with Crippen molar-refractivity contribution in [2.24, 2.45) is 36.8 Å². The van der Waals surface area contributed by atoms with Crippen molar-refractivity contribution in [3.8, 4) is 0 Å². The van der Waals surface area contributed by atoms with E-state index in [1.807, 2.05) is 23.5 Å². The minimum atomic E-state index is 0.0864. The second-order valence-corrected chi connectivity index (χ2v) is 11.1. The molecule has 4 atom stereocenters. The Morgan fingerprint density at radius 1 is 0.933 bits per heavy atom. The van der Waals surface area contributed by atoms with Crippen molar-refractivity contribution in [3.05, 3.63) is 33.9 Å². The minimum Gasteiger partial charge on any atom is -0.390 e. The Balaban J connectivity index is 0.000000128. The Morgan fingerprint density at radius 2 is 1.43 bits per heavy atom. The molecule has 6 heteroatoms. The maximum atomic E-state index is 10.9. The lowest BCUT2D eigenvalue weighted by Crippen LogP contribution is -2.48. The van der Waals surface area contributed by atoms with Gasteiger partial charge in [-0.1, -0.05) is 27.7 Å². The molecule has 6 aliphatic rings. The average molecular weight is 411 g/mol. The van der Waals surface area contributed by atoms with Crippen molar-refractivity contribution in [1.29, 1.82) is 0 Å². The molecule has 6 aliphatic carbocycles. The van der Waals surface area contributed by atoms with Crippen molar-refractivity contribution in [2.45, 2.75) is 71.8 Å². The molecule has 1 N–H and O–H groups in total. The molecule has 2 saturated carbocycles. The van der Waals surface area contributed by atoms with Crippen LogP contribution in [0.3, 0.4) is 0 Å². The molecule has 0 saturated heterocycles. The van der Waals surface area contributed by atoms with Gasteiger partial charge in [0.05, 0.1) is 12.3 Å². The van der Waals surface area contributed by atoms with Crippen LogP contribution in [-0.4, -0.2) is 31.0 Å². The average Bonchev–Trinajstić information content (AvgIpc) is 3.24.